The number of benzene rings is 3. The first-order chi connectivity index (χ1) is 14.0. The average molecular weight is 388 g/mol. The van der Waals surface area contributed by atoms with Crippen LogP contribution < -0.4 is 9.47 Å². The van der Waals surface area contributed by atoms with Crippen LogP contribution in [0.3, 0.4) is 0 Å². The number of ether oxygens (including phenoxy) is 2. The van der Waals surface area contributed by atoms with Gasteiger partial charge in [0.05, 0.1) is 5.56 Å². The molecule has 0 amide bonds. The Labute approximate surface area is 167 Å². The molecule has 0 radical (unpaired) electrons. The summed E-state index contributed by atoms with van der Waals surface area (Å²) in [6.07, 6.45) is 5.14. The van der Waals surface area contributed by atoms with Crippen molar-refractivity contribution >= 4 is 11.8 Å². The Bertz CT molecular complexity index is 1060. The molecule has 4 nitrogen and oxygen atoms in total. The molecule has 144 valence electrons. The van der Waals surface area contributed by atoms with Crippen molar-refractivity contribution in [3.63, 3.8) is 0 Å². The van der Waals surface area contributed by atoms with Crippen molar-refractivity contribution in [2.75, 3.05) is 6.61 Å². The first kappa shape index (κ1) is 19.8. The van der Waals surface area contributed by atoms with E-state index >= 15 is 0 Å². The summed E-state index contributed by atoms with van der Waals surface area (Å²) in [6, 6.07) is 16.8. The van der Waals surface area contributed by atoms with Crippen molar-refractivity contribution in [1.29, 1.82) is 0 Å². The lowest BCUT2D eigenvalue weighted by Gasteiger charge is -2.07. The Morgan fingerprint density at radius 2 is 1.48 bits per heavy atom. The molecule has 3 aromatic rings. The molecule has 0 N–H and O–H groups in total. The minimum atomic E-state index is -0.672. The predicted octanol–water partition coefficient (Wildman–Crippen LogP) is 4.60. The smallest absolute Gasteiger partial charge is 0.343 e. The number of hydrogen-bond donors (Lipinski definition) is 0. The van der Waals surface area contributed by atoms with Crippen LogP contribution in [0.2, 0.25) is 0 Å². The van der Waals surface area contributed by atoms with Crippen LogP contribution in [0.5, 0.6) is 11.5 Å². The van der Waals surface area contributed by atoms with Crippen LogP contribution in [0.15, 0.2) is 66.7 Å². The summed E-state index contributed by atoms with van der Waals surface area (Å²) < 4.78 is 24.0. The van der Waals surface area contributed by atoms with E-state index in [2.05, 4.69) is 5.92 Å². The maximum atomic E-state index is 13.5. The van der Waals surface area contributed by atoms with Crippen LogP contribution in [0.1, 0.15) is 31.8 Å². The van der Waals surface area contributed by atoms with Crippen LogP contribution in [0.4, 0.5) is 4.39 Å². The molecule has 3 aromatic carbocycles. The Morgan fingerprint density at radius 1 is 0.897 bits per heavy atom. The summed E-state index contributed by atoms with van der Waals surface area (Å²) in [6.45, 7) is 1.84. The summed E-state index contributed by atoms with van der Waals surface area (Å²) in [5.74, 6) is 1.84. The largest absolute Gasteiger partial charge is 0.481 e. The van der Waals surface area contributed by atoms with Gasteiger partial charge in [-0.25, -0.2) is 9.18 Å². The van der Waals surface area contributed by atoms with Gasteiger partial charge in [0.2, 0.25) is 0 Å². The molecular formula is C24H17FO4. The number of halogens is 1. The van der Waals surface area contributed by atoms with Gasteiger partial charge in [-0.2, -0.15) is 0 Å². The predicted molar refractivity (Wildman–Crippen MR) is 107 cm³/mol. The SMILES string of the molecule is C#CCOc1ccc(C(=O)c2ccc(OC(=O)c3cc(C)cc(F)c3)cc2)cc1. The van der Waals surface area contributed by atoms with E-state index in [-0.39, 0.29) is 23.7 Å². The monoisotopic (exact) mass is 388 g/mol. The number of rotatable bonds is 6. The summed E-state index contributed by atoms with van der Waals surface area (Å²) >= 11 is 0. The maximum absolute atomic E-state index is 13.5. The molecule has 0 spiro atoms. The number of aryl methyl sites for hydroxylation is 1. The first-order valence-corrected chi connectivity index (χ1v) is 8.77. The van der Waals surface area contributed by atoms with E-state index in [0.29, 0.717) is 22.4 Å². The lowest BCUT2D eigenvalue weighted by molar-refractivity contribution is 0.0734. The second-order valence-corrected chi connectivity index (χ2v) is 6.28. The van der Waals surface area contributed by atoms with E-state index in [4.69, 9.17) is 15.9 Å². The van der Waals surface area contributed by atoms with Crippen molar-refractivity contribution in [1.82, 2.24) is 0 Å². The fourth-order valence-corrected chi connectivity index (χ4v) is 2.69. The second kappa shape index (κ2) is 8.85. The molecular weight excluding hydrogens is 371 g/mol. The van der Waals surface area contributed by atoms with Crippen LogP contribution in [-0.2, 0) is 0 Å². The highest BCUT2D eigenvalue weighted by atomic mass is 19.1. The molecule has 0 unspecified atom stereocenters. The van der Waals surface area contributed by atoms with E-state index in [1.54, 1.807) is 49.4 Å². The number of terminal acetylenes is 1. The topological polar surface area (TPSA) is 52.6 Å². The molecule has 29 heavy (non-hydrogen) atoms. The number of hydrogen-bond acceptors (Lipinski definition) is 4. The normalized spacial score (nSPS) is 10.1. The van der Waals surface area contributed by atoms with Crippen molar-refractivity contribution < 1.29 is 23.5 Å². The average Bonchev–Trinajstić information content (AvgIpc) is 2.72. The Balaban J connectivity index is 1.68. The van der Waals surface area contributed by atoms with Crippen LogP contribution in [0.25, 0.3) is 0 Å². The van der Waals surface area contributed by atoms with E-state index in [1.807, 2.05) is 0 Å². The summed E-state index contributed by atoms with van der Waals surface area (Å²) in [7, 11) is 0. The second-order valence-electron chi connectivity index (χ2n) is 6.28. The van der Waals surface area contributed by atoms with Gasteiger partial charge >= 0.3 is 5.97 Å². The van der Waals surface area contributed by atoms with Gasteiger partial charge in [-0.3, -0.25) is 4.79 Å². The minimum absolute atomic E-state index is 0.120. The standard InChI is InChI=1S/C24H17FO4/c1-3-12-28-21-8-4-17(5-9-21)23(26)18-6-10-22(11-7-18)29-24(27)19-13-16(2)14-20(25)15-19/h1,4-11,13-15H,12H2,2H3. The quantitative estimate of drug-likeness (QED) is 0.268. The van der Waals surface area contributed by atoms with E-state index in [1.165, 1.54) is 18.2 Å². The zero-order chi connectivity index (χ0) is 20.8. The van der Waals surface area contributed by atoms with Gasteiger partial charge in [0.15, 0.2) is 5.78 Å². The van der Waals surface area contributed by atoms with Gasteiger partial charge < -0.3 is 9.47 Å². The van der Waals surface area contributed by atoms with Crippen molar-refractivity contribution in [3.8, 4) is 23.8 Å². The molecule has 0 saturated carbocycles. The summed E-state index contributed by atoms with van der Waals surface area (Å²) in [4.78, 5) is 24.8. The molecule has 0 atom stereocenters. The third-order valence-electron chi connectivity index (χ3n) is 4.04. The molecule has 0 heterocycles. The van der Waals surface area contributed by atoms with E-state index < -0.39 is 11.8 Å². The van der Waals surface area contributed by atoms with Gasteiger partial charge in [0.1, 0.15) is 23.9 Å². The minimum Gasteiger partial charge on any atom is -0.481 e. The highest BCUT2D eigenvalue weighted by Crippen LogP contribution is 2.19. The van der Waals surface area contributed by atoms with Gasteiger partial charge in [-0.15, -0.1) is 6.42 Å². The number of carbonyl (C=O) groups is 2. The molecule has 0 fully saturated rings. The fourth-order valence-electron chi connectivity index (χ4n) is 2.69. The van der Waals surface area contributed by atoms with Crippen molar-refractivity contribution in [2.24, 2.45) is 0 Å². The van der Waals surface area contributed by atoms with Crippen LogP contribution in [-0.4, -0.2) is 18.4 Å². The fraction of sp³-hybridized carbons (Fsp3) is 0.0833. The zero-order valence-corrected chi connectivity index (χ0v) is 15.6. The Kier molecular flexibility index (Phi) is 6.06. The molecule has 5 heteroatoms. The van der Waals surface area contributed by atoms with Crippen molar-refractivity contribution in [2.45, 2.75) is 6.92 Å². The van der Waals surface area contributed by atoms with Crippen molar-refractivity contribution in [3.05, 3.63) is 94.8 Å². The zero-order valence-electron chi connectivity index (χ0n) is 15.6. The molecule has 0 bridgehead atoms. The van der Waals surface area contributed by atoms with Gasteiger partial charge in [-0.1, -0.05) is 5.92 Å². The first-order valence-electron chi connectivity index (χ1n) is 8.77. The molecule has 0 aliphatic heterocycles. The Hall–Kier alpha value is -3.91. The number of carbonyl (C=O) groups excluding carboxylic acids is 2. The molecule has 0 aromatic heterocycles. The van der Waals surface area contributed by atoms with Gasteiger partial charge in [0, 0.05) is 11.1 Å². The third-order valence-corrected chi connectivity index (χ3v) is 4.04. The number of ketones is 1. The third kappa shape index (κ3) is 5.08. The summed E-state index contributed by atoms with van der Waals surface area (Å²) in [5.41, 5.74) is 1.66. The lowest BCUT2D eigenvalue weighted by atomic mass is 10.0. The lowest BCUT2D eigenvalue weighted by Crippen LogP contribution is -2.09. The van der Waals surface area contributed by atoms with E-state index in [0.717, 1.165) is 6.07 Å². The highest BCUT2D eigenvalue weighted by molar-refractivity contribution is 6.09. The van der Waals surface area contributed by atoms with Crippen LogP contribution >= 0.6 is 0 Å². The van der Waals surface area contributed by atoms with Crippen LogP contribution in [0, 0.1) is 25.1 Å². The molecule has 0 aliphatic carbocycles. The molecule has 0 saturated heterocycles. The maximum Gasteiger partial charge on any atom is 0.343 e. The summed E-state index contributed by atoms with van der Waals surface area (Å²) in [5, 5.41) is 0. The number of esters is 1. The Morgan fingerprint density at radius 3 is 2.03 bits per heavy atom. The molecule has 3 rings (SSSR count). The van der Waals surface area contributed by atoms with E-state index in [9.17, 15) is 14.0 Å². The van der Waals surface area contributed by atoms with Gasteiger partial charge in [-0.05, 0) is 79.2 Å². The van der Waals surface area contributed by atoms with Gasteiger partial charge in [0.25, 0.3) is 0 Å². The highest BCUT2D eigenvalue weighted by Gasteiger charge is 2.13. The molecule has 0 aliphatic rings.